The second-order valence-corrected chi connectivity index (χ2v) is 7.71. The van der Waals surface area contributed by atoms with Gasteiger partial charge < -0.3 is 14.7 Å². The molecule has 2 heterocycles. The van der Waals surface area contributed by atoms with E-state index in [0.717, 1.165) is 22.3 Å². The van der Waals surface area contributed by atoms with Gasteiger partial charge in [0.25, 0.3) is 6.01 Å². The van der Waals surface area contributed by atoms with E-state index in [1.165, 1.54) is 0 Å². The lowest BCUT2D eigenvalue weighted by Gasteiger charge is -2.12. The number of imidazole rings is 1. The lowest BCUT2D eigenvalue weighted by Crippen LogP contribution is -2.18. The molecule has 0 saturated heterocycles. The largest absolute Gasteiger partial charge is 0.478 e. The molecule has 0 atom stereocenters. The van der Waals surface area contributed by atoms with Crippen LogP contribution in [-0.2, 0) is 16.2 Å². The number of nitrogens with one attached hydrogen (secondary N) is 1. The number of hydrogen-bond donors (Lipinski definition) is 2. The molecule has 2 N–H and O–H groups in total. The topological polar surface area (TPSA) is 115 Å². The molecule has 0 aliphatic carbocycles. The SMILES string of the molecule is CCOc1nc2cccc(C(=O)O)c2n1Cc1ccc(-c2ccccc2C2=NC(=C=O)ON2)cc1. The van der Waals surface area contributed by atoms with Gasteiger partial charge in [0.15, 0.2) is 11.8 Å². The van der Waals surface area contributed by atoms with Crippen LogP contribution in [0.1, 0.15) is 28.4 Å². The first-order valence-electron chi connectivity index (χ1n) is 10.9. The number of carboxylic acids is 1. The number of carbonyl (C=O) groups excluding carboxylic acids is 1. The average Bonchev–Trinajstić information content (AvgIpc) is 3.50. The Morgan fingerprint density at radius 3 is 2.54 bits per heavy atom. The lowest BCUT2D eigenvalue weighted by molar-refractivity contribution is 0.0698. The van der Waals surface area contributed by atoms with E-state index in [2.05, 4.69) is 15.5 Å². The highest BCUT2D eigenvalue weighted by atomic mass is 16.7. The Kier molecular flexibility index (Phi) is 5.75. The van der Waals surface area contributed by atoms with E-state index in [9.17, 15) is 14.7 Å². The number of aliphatic imine (C=N–C) groups is 1. The number of para-hydroxylation sites is 1. The van der Waals surface area contributed by atoms with Crippen LogP contribution in [0, 0.1) is 0 Å². The van der Waals surface area contributed by atoms with E-state index in [-0.39, 0.29) is 11.4 Å². The van der Waals surface area contributed by atoms with Crippen LogP contribution in [0.4, 0.5) is 0 Å². The van der Waals surface area contributed by atoms with E-state index < -0.39 is 5.97 Å². The third kappa shape index (κ3) is 4.12. The Hall–Kier alpha value is -4.88. The number of aromatic carboxylic acids is 1. The summed E-state index contributed by atoms with van der Waals surface area (Å²) in [6.07, 6.45) is 0. The number of carboxylic acid groups (broad SMARTS) is 1. The minimum atomic E-state index is -1.02. The zero-order valence-corrected chi connectivity index (χ0v) is 18.7. The molecule has 3 aromatic carbocycles. The summed E-state index contributed by atoms with van der Waals surface area (Å²) in [5.74, 6) is 0.884. The molecule has 5 rings (SSSR count). The maximum atomic E-state index is 11.8. The van der Waals surface area contributed by atoms with Gasteiger partial charge in [-0.2, -0.15) is 9.98 Å². The van der Waals surface area contributed by atoms with Crippen molar-refractivity contribution in [2.75, 3.05) is 6.61 Å². The standard InChI is InChI=1S/C26H20N4O5/c1-2-34-26-27-21-9-5-8-20(25(32)33)23(21)30(26)14-16-10-12-17(13-11-16)18-6-3-4-7-19(18)24-28-22(15-31)35-29-24/h3-13H,2,14H2,1H3,(H,28,29)(H,32,33). The zero-order chi connectivity index (χ0) is 24.4. The Balaban J connectivity index is 1.51. The highest BCUT2D eigenvalue weighted by Crippen LogP contribution is 2.29. The third-order valence-corrected chi connectivity index (χ3v) is 5.57. The van der Waals surface area contributed by atoms with E-state index in [0.29, 0.717) is 36.0 Å². The maximum Gasteiger partial charge on any atom is 0.337 e. The molecule has 4 aromatic rings. The molecule has 0 unspecified atom stereocenters. The number of hydrogen-bond acceptors (Lipinski definition) is 7. The summed E-state index contributed by atoms with van der Waals surface area (Å²) in [5, 5.41) is 9.69. The molecule has 0 amide bonds. The van der Waals surface area contributed by atoms with Crippen LogP contribution in [0.15, 0.2) is 77.6 Å². The number of hydroxylamine groups is 1. The molecule has 0 spiro atoms. The molecule has 1 aliphatic rings. The fourth-order valence-electron chi connectivity index (χ4n) is 4.04. The van der Waals surface area contributed by atoms with Crippen molar-refractivity contribution in [3.05, 3.63) is 89.3 Å². The summed E-state index contributed by atoms with van der Waals surface area (Å²) >= 11 is 0. The Labute approximate surface area is 199 Å². The van der Waals surface area contributed by atoms with Gasteiger partial charge in [-0.3, -0.25) is 4.57 Å². The summed E-state index contributed by atoms with van der Waals surface area (Å²) in [6, 6.07) is 20.9. The molecule has 9 nitrogen and oxygen atoms in total. The smallest absolute Gasteiger partial charge is 0.337 e. The van der Waals surface area contributed by atoms with Gasteiger partial charge in [0.2, 0.25) is 0 Å². The Morgan fingerprint density at radius 2 is 1.86 bits per heavy atom. The first-order valence-corrected chi connectivity index (χ1v) is 10.9. The number of rotatable bonds is 7. The van der Waals surface area contributed by atoms with Crippen molar-refractivity contribution in [2.45, 2.75) is 13.5 Å². The number of aromatic nitrogens is 2. The summed E-state index contributed by atoms with van der Waals surface area (Å²) in [6.45, 7) is 2.65. The van der Waals surface area contributed by atoms with Gasteiger partial charge >= 0.3 is 11.9 Å². The number of amidine groups is 1. The van der Waals surface area contributed by atoms with Crippen molar-refractivity contribution in [2.24, 2.45) is 4.99 Å². The second-order valence-electron chi connectivity index (χ2n) is 7.71. The number of carbonyl (C=O) groups is 1. The molecule has 0 fully saturated rings. The van der Waals surface area contributed by atoms with Crippen LogP contribution < -0.4 is 10.2 Å². The fourth-order valence-corrected chi connectivity index (χ4v) is 4.04. The molecule has 0 radical (unpaired) electrons. The van der Waals surface area contributed by atoms with Gasteiger partial charge in [-0.25, -0.2) is 15.1 Å². The van der Waals surface area contributed by atoms with Crippen molar-refractivity contribution in [3.8, 4) is 17.1 Å². The van der Waals surface area contributed by atoms with Crippen molar-refractivity contribution in [3.63, 3.8) is 0 Å². The molecule has 9 heteroatoms. The molecule has 0 bridgehead atoms. The maximum absolute atomic E-state index is 11.8. The zero-order valence-electron chi connectivity index (χ0n) is 18.7. The Morgan fingerprint density at radius 1 is 1.09 bits per heavy atom. The first-order chi connectivity index (χ1) is 17.1. The second kappa shape index (κ2) is 9.17. The summed E-state index contributed by atoms with van der Waals surface area (Å²) < 4.78 is 7.49. The summed E-state index contributed by atoms with van der Waals surface area (Å²) in [4.78, 5) is 36.3. The fraction of sp³-hybridized carbons (Fsp3) is 0.115. The van der Waals surface area contributed by atoms with Crippen LogP contribution in [0.2, 0.25) is 0 Å². The van der Waals surface area contributed by atoms with Gasteiger partial charge in [0.1, 0.15) is 0 Å². The van der Waals surface area contributed by atoms with Crippen LogP contribution >= 0.6 is 0 Å². The van der Waals surface area contributed by atoms with Crippen molar-refractivity contribution in [1.82, 2.24) is 15.0 Å². The minimum absolute atomic E-state index is 0.149. The molecule has 35 heavy (non-hydrogen) atoms. The quantitative estimate of drug-likeness (QED) is 0.397. The lowest BCUT2D eigenvalue weighted by atomic mass is 9.98. The summed E-state index contributed by atoms with van der Waals surface area (Å²) in [7, 11) is 0. The Bertz CT molecular complexity index is 1510. The van der Waals surface area contributed by atoms with Gasteiger partial charge in [-0.15, -0.1) is 0 Å². The van der Waals surface area contributed by atoms with Crippen LogP contribution in [0.3, 0.4) is 0 Å². The van der Waals surface area contributed by atoms with Crippen molar-refractivity contribution in [1.29, 1.82) is 0 Å². The molecular formula is C26H20N4O5. The predicted molar refractivity (Wildman–Crippen MR) is 129 cm³/mol. The highest BCUT2D eigenvalue weighted by molar-refractivity contribution is 6.05. The van der Waals surface area contributed by atoms with E-state index in [4.69, 9.17) is 9.57 Å². The highest BCUT2D eigenvalue weighted by Gasteiger charge is 2.20. The number of nitrogens with zero attached hydrogens (tertiary/aromatic N) is 3. The molecule has 0 saturated carbocycles. The van der Waals surface area contributed by atoms with Crippen molar-refractivity contribution >= 4 is 28.8 Å². The van der Waals surface area contributed by atoms with Gasteiger partial charge in [0, 0.05) is 5.56 Å². The van der Waals surface area contributed by atoms with E-state index >= 15 is 0 Å². The molecule has 1 aromatic heterocycles. The monoisotopic (exact) mass is 468 g/mol. The van der Waals surface area contributed by atoms with Gasteiger partial charge in [-0.1, -0.05) is 54.6 Å². The van der Waals surface area contributed by atoms with Crippen molar-refractivity contribution < 1.29 is 24.3 Å². The number of ether oxygens (including phenoxy) is 1. The van der Waals surface area contributed by atoms with E-state index in [1.807, 2.05) is 55.5 Å². The minimum Gasteiger partial charge on any atom is -0.478 e. The van der Waals surface area contributed by atoms with Crippen LogP contribution in [0.25, 0.3) is 22.2 Å². The molecule has 1 aliphatic heterocycles. The molecule has 174 valence electrons. The third-order valence-electron chi connectivity index (χ3n) is 5.57. The normalized spacial score (nSPS) is 12.6. The number of fused-ring (bicyclic) bond motifs is 1. The van der Waals surface area contributed by atoms with Crippen LogP contribution in [0.5, 0.6) is 6.01 Å². The van der Waals surface area contributed by atoms with E-state index in [1.54, 1.807) is 28.7 Å². The predicted octanol–water partition coefficient (Wildman–Crippen LogP) is 3.80. The number of benzene rings is 3. The van der Waals surface area contributed by atoms with Gasteiger partial charge in [-0.05, 0) is 35.7 Å². The summed E-state index contributed by atoms with van der Waals surface area (Å²) in [5.41, 5.74) is 7.45. The van der Waals surface area contributed by atoms with Crippen LogP contribution in [-0.4, -0.2) is 39.0 Å². The molecular weight excluding hydrogens is 448 g/mol. The first kappa shape index (κ1) is 21.9. The van der Waals surface area contributed by atoms with Gasteiger partial charge in [0.05, 0.1) is 29.7 Å². The average molecular weight is 468 g/mol.